The minimum Gasteiger partial charge on any atom is -0.377 e. The van der Waals surface area contributed by atoms with Gasteiger partial charge in [-0.25, -0.2) is 13.8 Å². The van der Waals surface area contributed by atoms with Crippen molar-refractivity contribution in [3.8, 4) is 0 Å². The molecule has 0 aliphatic rings. The van der Waals surface area contributed by atoms with Crippen LogP contribution in [0.2, 0.25) is 0 Å². The van der Waals surface area contributed by atoms with Crippen LogP contribution in [0, 0.1) is 11.6 Å². The van der Waals surface area contributed by atoms with Gasteiger partial charge in [-0.05, 0) is 41.0 Å². The molecule has 28 heavy (non-hydrogen) atoms. The summed E-state index contributed by atoms with van der Waals surface area (Å²) in [5, 5.41) is 14.4. The number of aliphatic hydroxyl groups is 1. The number of nitrogens with zero attached hydrogens (tertiary/aromatic N) is 1. The molecule has 4 aromatic rings. The summed E-state index contributed by atoms with van der Waals surface area (Å²) < 4.78 is 27.2. The van der Waals surface area contributed by atoms with Crippen molar-refractivity contribution in [3.63, 3.8) is 0 Å². The van der Waals surface area contributed by atoms with E-state index in [-0.39, 0.29) is 11.6 Å². The highest BCUT2D eigenvalue weighted by Gasteiger charge is 2.44. The first-order valence-electron chi connectivity index (χ1n) is 8.78. The molecule has 0 saturated heterocycles. The van der Waals surface area contributed by atoms with Crippen LogP contribution in [-0.4, -0.2) is 10.1 Å². The summed E-state index contributed by atoms with van der Waals surface area (Å²) in [4.78, 5) is 4.39. The molecule has 0 radical (unpaired) electrons. The highest BCUT2D eigenvalue weighted by molar-refractivity contribution is 7.09. The second-order valence-corrected chi connectivity index (χ2v) is 7.40. The molecular formula is C23H17F2NOS. The largest absolute Gasteiger partial charge is 0.377 e. The Labute approximate surface area is 165 Å². The van der Waals surface area contributed by atoms with Crippen LogP contribution in [0.4, 0.5) is 8.78 Å². The van der Waals surface area contributed by atoms with Gasteiger partial charge in [0.25, 0.3) is 0 Å². The normalized spacial score (nSPS) is 13.4. The van der Waals surface area contributed by atoms with E-state index in [1.54, 1.807) is 35.8 Å². The minimum atomic E-state index is -1.51. The molecule has 0 bridgehead atoms. The molecule has 0 amide bonds. The van der Waals surface area contributed by atoms with Crippen molar-refractivity contribution in [3.05, 3.63) is 124 Å². The summed E-state index contributed by atoms with van der Waals surface area (Å²) in [5.74, 6) is -1.33. The van der Waals surface area contributed by atoms with Crippen molar-refractivity contribution in [1.29, 1.82) is 0 Å². The van der Waals surface area contributed by atoms with Crippen LogP contribution < -0.4 is 0 Å². The first-order chi connectivity index (χ1) is 13.6. The van der Waals surface area contributed by atoms with E-state index in [0.29, 0.717) is 21.7 Å². The lowest BCUT2D eigenvalue weighted by molar-refractivity contribution is 0.0621. The fourth-order valence-electron chi connectivity index (χ4n) is 3.50. The molecule has 3 aromatic carbocycles. The Morgan fingerprint density at radius 1 is 0.786 bits per heavy atom. The SMILES string of the molecule is OC(c1ccccc1)(c1nccs1)C(c1ccc(F)cc1)c1ccc(F)cc1. The van der Waals surface area contributed by atoms with Crippen LogP contribution in [0.1, 0.15) is 27.6 Å². The third kappa shape index (κ3) is 3.35. The summed E-state index contributed by atoms with van der Waals surface area (Å²) >= 11 is 1.34. The van der Waals surface area contributed by atoms with E-state index in [1.165, 1.54) is 35.6 Å². The van der Waals surface area contributed by atoms with Crippen LogP contribution in [0.3, 0.4) is 0 Å². The topological polar surface area (TPSA) is 33.1 Å². The van der Waals surface area contributed by atoms with E-state index in [1.807, 2.05) is 30.3 Å². The fraction of sp³-hybridized carbons (Fsp3) is 0.0870. The second kappa shape index (κ2) is 7.62. The van der Waals surface area contributed by atoms with Gasteiger partial charge in [0.2, 0.25) is 0 Å². The average molecular weight is 393 g/mol. The van der Waals surface area contributed by atoms with Crippen molar-refractivity contribution in [2.45, 2.75) is 11.5 Å². The maximum absolute atomic E-state index is 13.6. The highest BCUT2D eigenvalue weighted by atomic mass is 32.1. The van der Waals surface area contributed by atoms with Crippen LogP contribution >= 0.6 is 11.3 Å². The van der Waals surface area contributed by atoms with E-state index in [4.69, 9.17) is 0 Å². The number of hydrogen-bond donors (Lipinski definition) is 1. The molecule has 0 fully saturated rings. The predicted molar refractivity (Wildman–Crippen MR) is 106 cm³/mol. The third-order valence-electron chi connectivity index (χ3n) is 4.80. The van der Waals surface area contributed by atoms with Crippen LogP contribution in [0.5, 0.6) is 0 Å². The first kappa shape index (κ1) is 18.5. The molecule has 0 aliphatic heterocycles. The van der Waals surface area contributed by atoms with E-state index < -0.39 is 11.5 Å². The van der Waals surface area contributed by atoms with Gasteiger partial charge in [0.15, 0.2) is 5.60 Å². The Morgan fingerprint density at radius 3 is 1.79 bits per heavy atom. The molecular weight excluding hydrogens is 376 g/mol. The van der Waals surface area contributed by atoms with Gasteiger partial charge in [-0.15, -0.1) is 11.3 Å². The van der Waals surface area contributed by atoms with Crippen LogP contribution in [0.15, 0.2) is 90.4 Å². The zero-order valence-corrected chi connectivity index (χ0v) is 15.6. The van der Waals surface area contributed by atoms with E-state index in [9.17, 15) is 13.9 Å². The van der Waals surface area contributed by atoms with Gasteiger partial charge in [-0.2, -0.15) is 0 Å². The smallest absolute Gasteiger partial charge is 0.152 e. The Kier molecular flexibility index (Phi) is 5.03. The Balaban J connectivity index is 1.99. The number of halogens is 2. The highest BCUT2D eigenvalue weighted by Crippen LogP contribution is 2.46. The van der Waals surface area contributed by atoms with Crippen molar-refractivity contribution in [2.75, 3.05) is 0 Å². The number of thiazole rings is 1. The molecule has 4 rings (SSSR count). The van der Waals surface area contributed by atoms with Crippen molar-refractivity contribution < 1.29 is 13.9 Å². The summed E-state index contributed by atoms with van der Waals surface area (Å²) in [6.45, 7) is 0. The number of aromatic nitrogens is 1. The molecule has 0 saturated carbocycles. The molecule has 5 heteroatoms. The molecule has 0 spiro atoms. The molecule has 1 unspecified atom stereocenters. The van der Waals surface area contributed by atoms with Crippen molar-refractivity contribution >= 4 is 11.3 Å². The van der Waals surface area contributed by atoms with E-state index >= 15 is 0 Å². The molecule has 1 heterocycles. The van der Waals surface area contributed by atoms with E-state index in [2.05, 4.69) is 4.98 Å². The Hall–Kier alpha value is -2.89. The minimum absolute atomic E-state index is 0.362. The number of benzene rings is 3. The number of rotatable bonds is 5. The maximum Gasteiger partial charge on any atom is 0.152 e. The van der Waals surface area contributed by atoms with Gasteiger partial charge in [0, 0.05) is 17.5 Å². The molecule has 1 aromatic heterocycles. The summed E-state index contributed by atoms with van der Waals surface area (Å²) in [5.41, 5.74) is 0.554. The van der Waals surface area contributed by atoms with E-state index in [0.717, 1.165) is 0 Å². The summed E-state index contributed by atoms with van der Waals surface area (Å²) in [6.07, 6.45) is 1.64. The third-order valence-corrected chi connectivity index (χ3v) is 5.69. The lowest BCUT2D eigenvalue weighted by Crippen LogP contribution is -2.35. The van der Waals surface area contributed by atoms with Gasteiger partial charge in [-0.1, -0.05) is 54.6 Å². The average Bonchev–Trinajstić information content (AvgIpc) is 3.27. The lowest BCUT2D eigenvalue weighted by Gasteiger charge is -2.36. The Morgan fingerprint density at radius 2 is 1.32 bits per heavy atom. The fourth-order valence-corrected chi connectivity index (χ4v) is 4.29. The van der Waals surface area contributed by atoms with Crippen molar-refractivity contribution in [2.24, 2.45) is 0 Å². The van der Waals surface area contributed by atoms with Crippen LogP contribution in [0.25, 0.3) is 0 Å². The monoisotopic (exact) mass is 393 g/mol. The van der Waals surface area contributed by atoms with Gasteiger partial charge in [0.1, 0.15) is 16.6 Å². The molecule has 140 valence electrons. The molecule has 1 atom stereocenters. The van der Waals surface area contributed by atoms with Gasteiger partial charge in [0.05, 0.1) is 0 Å². The Bertz CT molecular complexity index is 989. The lowest BCUT2D eigenvalue weighted by atomic mass is 9.74. The van der Waals surface area contributed by atoms with Gasteiger partial charge < -0.3 is 5.11 Å². The first-order valence-corrected chi connectivity index (χ1v) is 9.66. The maximum atomic E-state index is 13.6. The zero-order valence-electron chi connectivity index (χ0n) is 14.8. The van der Waals surface area contributed by atoms with Crippen LogP contribution in [-0.2, 0) is 5.60 Å². The predicted octanol–water partition coefficient (Wildman–Crippen LogP) is 5.49. The van der Waals surface area contributed by atoms with Gasteiger partial charge in [-0.3, -0.25) is 0 Å². The molecule has 1 N–H and O–H groups in total. The van der Waals surface area contributed by atoms with Gasteiger partial charge >= 0.3 is 0 Å². The molecule has 0 aliphatic carbocycles. The summed E-state index contributed by atoms with van der Waals surface area (Å²) in [6, 6.07) is 21.3. The second-order valence-electron chi connectivity index (χ2n) is 6.51. The number of hydrogen-bond acceptors (Lipinski definition) is 3. The summed E-state index contributed by atoms with van der Waals surface area (Å²) in [7, 11) is 0. The zero-order chi connectivity index (χ0) is 19.6. The van der Waals surface area contributed by atoms with Crippen molar-refractivity contribution in [1.82, 2.24) is 4.98 Å². The quantitative estimate of drug-likeness (QED) is 0.486. The standard InChI is InChI=1S/C23H17F2NOS/c24-19-10-6-16(7-11-19)21(17-8-12-20(25)13-9-17)23(27,22-26-14-15-28-22)18-4-2-1-3-5-18/h1-15,21,27H. The molecule has 2 nitrogen and oxygen atoms in total.